The van der Waals surface area contributed by atoms with E-state index in [1.54, 1.807) is 18.2 Å². The number of aromatic carboxylic acids is 1. The first-order chi connectivity index (χ1) is 7.30. The predicted octanol–water partition coefficient (Wildman–Crippen LogP) is 2.62. The van der Waals surface area contributed by atoms with Crippen LogP contribution in [0.4, 0.5) is 0 Å². The molecule has 0 bridgehead atoms. The molecule has 0 fully saturated rings. The van der Waals surface area contributed by atoms with Gasteiger partial charge in [-0.3, -0.25) is 4.90 Å². The van der Waals surface area contributed by atoms with Gasteiger partial charge >= 0.3 is 5.97 Å². The fourth-order valence-electron chi connectivity index (χ4n) is 1.31. The number of hydrogen-bond donors (Lipinski definition) is 1. The van der Waals surface area contributed by atoms with Crippen molar-refractivity contribution in [2.24, 2.45) is 0 Å². The highest BCUT2D eigenvalue weighted by molar-refractivity contribution is 5.87. The van der Waals surface area contributed by atoms with Gasteiger partial charge in [-0.05, 0) is 45.5 Å². The Morgan fingerprint density at radius 2 is 2.00 bits per heavy atom. The maximum atomic E-state index is 10.8. The normalized spacial score (nSPS) is 11.8. The lowest BCUT2D eigenvalue weighted by Gasteiger charge is -2.31. The molecule has 0 radical (unpaired) electrons. The Labute approximate surface area is 96.7 Å². The van der Waals surface area contributed by atoms with Crippen LogP contribution >= 0.6 is 0 Å². The second-order valence-electron chi connectivity index (χ2n) is 5.03. The Morgan fingerprint density at radius 1 is 1.38 bits per heavy atom. The summed E-state index contributed by atoms with van der Waals surface area (Å²) in [5, 5.41) is 8.89. The minimum Gasteiger partial charge on any atom is -0.478 e. The van der Waals surface area contributed by atoms with Gasteiger partial charge in [0.25, 0.3) is 0 Å². The fraction of sp³-hybridized carbons (Fsp3) is 0.462. The molecule has 0 saturated heterocycles. The second-order valence-corrected chi connectivity index (χ2v) is 5.03. The van der Waals surface area contributed by atoms with E-state index in [9.17, 15) is 4.79 Å². The molecule has 0 heterocycles. The van der Waals surface area contributed by atoms with Crippen LogP contribution in [0.5, 0.6) is 0 Å². The van der Waals surface area contributed by atoms with E-state index in [-0.39, 0.29) is 5.54 Å². The zero-order valence-electron chi connectivity index (χ0n) is 10.3. The van der Waals surface area contributed by atoms with Crippen LogP contribution in [-0.4, -0.2) is 28.6 Å². The molecule has 0 aliphatic carbocycles. The summed E-state index contributed by atoms with van der Waals surface area (Å²) < 4.78 is 0. The number of carboxylic acids is 1. The molecule has 0 spiro atoms. The van der Waals surface area contributed by atoms with Gasteiger partial charge < -0.3 is 5.11 Å². The number of nitrogens with zero attached hydrogens (tertiary/aromatic N) is 1. The Kier molecular flexibility index (Phi) is 3.70. The molecule has 88 valence electrons. The summed E-state index contributed by atoms with van der Waals surface area (Å²) in [5.41, 5.74) is 1.45. The monoisotopic (exact) mass is 221 g/mol. The van der Waals surface area contributed by atoms with Crippen molar-refractivity contribution in [2.75, 3.05) is 7.05 Å². The first-order valence-corrected chi connectivity index (χ1v) is 5.34. The lowest BCUT2D eigenvalue weighted by atomic mass is 10.0. The first-order valence-electron chi connectivity index (χ1n) is 5.34. The van der Waals surface area contributed by atoms with Gasteiger partial charge in [0.1, 0.15) is 0 Å². The van der Waals surface area contributed by atoms with Crippen LogP contribution in [-0.2, 0) is 6.54 Å². The molecule has 3 nitrogen and oxygen atoms in total. The highest BCUT2D eigenvalue weighted by Gasteiger charge is 2.17. The third-order valence-corrected chi connectivity index (χ3v) is 2.74. The van der Waals surface area contributed by atoms with Crippen molar-refractivity contribution >= 4 is 5.97 Å². The van der Waals surface area contributed by atoms with Gasteiger partial charge in [-0.2, -0.15) is 0 Å². The van der Waals surface area contributed by atoms with Crippen LogP contribution < -0.4 is 0 Å². The molecule has 1 aromatic carbocycles. The van der Waals surface area contributed by atoms with E-state index >= 15 is 0 Å². The number of carboxylic acid groups (broad SMARTS) is 1. The average molecular weight is 221 g/mol. The summed E-state index contributed by atoms with van der Waals surface area (Å²) >= 11 is 0. The van der Waals surface area contributed by atoms with Crippen LogP contribution in [0.3, 0.4) is 0 Å². The summed E-state index contributed by atoms with van der Waals surface area (Å²) in [7, 11) is 2.04. The van der Waals surface area contributed by atoms with Crippen molar-refractivity contribution in [1.29, 1.82) is 0 Å². The molecular formula is C13H19NO2. The minimum absolute atomic E-state index is 0.0826. The third kappa shape index (κ3) is 3.35. The van der Waals surface area contributed by atoms with E-state index in [0.717, 1.165) is 12.1 Å². The highest BCUT2D eigenvalue weighted by Crippen LogP contribution is 2.15. The van der Waals surface area contributed by atoms with Crippen molar-refractivity contribution in [3.63, 3.8) is 0 Å². The van der Waals surface area contributed by atoms with E-state index < -0.39 is 5.97 Å². The molecule has 0 unspecified atom stereocenters. The average Bonchev–Trinajstić information content (AvgIpc) is 2.16. The van der Waals surface area contributed by atoms with Crippen molar-refractivity contribution < 1.29 is 9.90 Å². The topological polar surface area (TPSA) is 40.5 Å². The number of rotatable bonds is 3. The molecule has 0 saturated carbocycles. The fourth-order valence-corrected chi connectivity index (χ4v) is 1.31. The van der Waals surface area contributed by atoms with Crippen molar-refractivity contribution in [2.45, 2.75) is 32.9 Å². The third-order valence-electron chi connectivity index (χ3n) is 2.74. The lowest BCUT2D eigenvalue weighted by molar-refractivity contribution is 0.0696. The Bertz CT molecular complexity index is 380. The van der Waals surface area contributed by atoms with Gasteiger partial charge in [0, 0.05) is 12.1 Å². The van der Waals surface area contributed by atoms with E-state index in [0.29, 0.717) is 5.56 Å². The zero-order valence-corrected chi connectivity index (χ0v) is 10.3. The van der Waals surface area contributed by atoms with Crippen molar-refractivity contribution in [1.82, 2.24) is 4.90 Å². The van der Waals surface area contributed by atoms with E-state index in [4.69, 9.17) is 5.11 Å². The summed E-state index contributed by atoms with van der Waals surface area (Å²) in [6.07, 6.45) is 0. The standard InChI is InChI=1S/C13H19NO2/c1-13(2,3)14(4)9-10-6-5-7-11(8-10)12(15)16/h5-8H,9H2,1-4H3,(H,15,16). The smallest absolute Gasteiger partial charge is 0.335 e. The predicted molar refractivity (Wildman–Crippen MR) is 64.6 cm³/mol. The van der Waals surface area contributed by atoms with Gasteiger partial charge in [0.2, 0.25) is 0 Å². The van der Waals surface area contributed by atoms with Gasteiger partial charge in [-0.25, -0.2) is 4.79 Å². The van der Waals surface area contributed by atoms with Crippen LogP contribution in [0.1, 0.15) is 36.7 Å². The quantitative estimate of drug-likeness (QED) is 0.853. The Hall–Kier alpha value is -1.35. The maximum absolute atomic E-state index is 10.8. The summed E-state index contributed by atoms with van der Waals surface area (Å²) in [6, 6.07) is 7.08. The molecule has 1 aromatic rings. The van der Waals surface area contributed by atoms with Crippen LogP contribution in [0.2, 0.25) is 0 Å². The van der Waals surface area contributed by atoms with Gasteiger partial charge in [-0.15, -0.1) is 0 Å². The summed E-state index contributed by atoms with van der Waals surface area (Å²) in [4.78, 5) is 13.0. The molecule has 0 amide bonds. The maximum Gasteiger partial charge on any atom is 0.335 e. The van der Waals surface area contributed by atoms with Crippen LogP contribution in [0.15, 0.2) is 24.3 Å². The molecule has 0 aliphatic rings. The van der Waals surface area contributed by atoms with Gasteiger partial charge in [0.05, 0.1) is 5.56 Å². The largest absolute Gasteiger partial charge is 0.478 e. The molecule has 1 rings (SSSR count). The minimum atomic E-state index is -0.875. The Morgan fingerprint density at radius 3 is 2.50 bits per heavy atom. The molecule has 1 N–H and O–H groups in total. The lowest BCUT2D eigenvalue weighted by Crippen LogP contribution is -2.37. The number of benzene rings is 1. The SMILES string of the molecule is CN(Cc1cccc(C(=O)O)c1)C(C)(C)C. The van der Waals surface area contributed by atoms with Crippen LogP contribution in [0, 0.1) is 0 Å². The zero-order chi connectivity index (χ0) is 12.3. The van der Waals surface area contributed by atoms with E-state index in [2.05, 4.69) is 25.7 Å². The first kappa shape index (κ1) is 12.7. The molecule has 0 atom stereocenters. The summed E-state index contributed by atoms with van der Waals surface area (Å²) in [5.74, 6) is -0.875. The Balaban J connectivity index is 2.82. The molecule has 16 heavy (non-hydrogen) atoms. The number of hydrogen-bond acceptors (Lipinski definition) is 2. The van der Waals surface area contributed by atoms with Gasteiger partial charge in [0.15, 0.2) is 0 Å². The van der Waals surface area contributed by atoms with Crippen molar-refractivity contribution in [3.8, 4) is 0 Å². The number of carbonyl (C=O) groups is 1. The second kappa shape index (κ2) is 4.66. The molecule has 0 aromatic heterocycles. The van der Waals surface area contributed by atoms with Crippen LogP contribution in [0.25, 0.3) is 0 Å². The van der Waals surface area contributed by atoms with Gasteiger partial charge in [-0.1, -0.05) is 12.1 Å². The van der Waals surface area contributed by atoms with E-state index in [1.165, 1.54) is 0 Å². The van der Waals surface area contributed by atoms with Crippen molar-refractivity contribution in [3.05, 3.63) is 35.4 Å². The molecule has 3 heteroatoms. The molecular weight excluding hydrogens is 202 g/mol. The van der Waals surface area contributed by atoms with E-state index in [1.807, 2.05) is 13.1 Å². The molecule has 0 aliphatic heterocycles. The highest BCUT2D eigenvalue weighted by atomic mass is 16.4. The summed E-state index contributed by atoms with van der Waals surface area (Å²) in [6.45, 7) is 7.15.